The van der Waals surface area contributed by atoms with Gasteiger partial charge in [0.05, 0.1) is 0 Å². The summed E-state index contributed by atoms with van der Waals surface area (Å²) in [6.07, 6.45) is 1.67. The molecule has 0 saturated heterocycles. The highest BCUT2D eigenvalue weighted by Gasteiger charge is 2.29. The predicted molar refractivity (Wildman–Crippen MR) is 80.8 cm³/mol. The lowest BCUT2D eigenvalue weighted by Gasteiger charge is -2.11. The lowest BCUT2D eigenvalue weighted by molar-refractivity contribution is 0.644. The van der Waals surface area contributed by atoms with Crippen LogP contribution in [0.1, 0.15) is 11.1 Å². The van der Waals surface area contributed by atoms with E-state index >= 15 is 0 Å². The fourth-order valence-electron chi connectivity index (χ4n) is 2.52. The lowest BCUT2D eigenvalue weighted by Crippen LogP contribution is -1.98. The van der Waals surface area contributed by atoms with Gasteiger partial charge in [0.25, 0.3) is 0 Å². The van der Waals surface area contributed by atoms with Crippen LogP contribution in [-0.2, 0) is 12.8 Å². The Morgan fingerprint density at radius 3 is 2.26 bits per heavy atom. The van der Waals surface area contributed by atoms with E-state index < -0.39 is 0 Å². The molecule has 0 aliphatic carbocycles. The van der Waals surface area contributed by atoms with Crippen molar-refractivity contribution in [2.24, 2.45) is 0 Å². The number of rotatable bonds is 5. The monoisotopic (exact) mass is 292 g/mol. The molecule has 0 aromatic heterocycles. The molecule has 1 aliphatic heterocycles. The minimum Gasteiger partial charge on any atom is -0.449 e. The third-order valence-electron chi connectivity index (χ3n) is 3.41. The molecule has 0 N–H and O–H groups in total. The molecule has 0 bridgehead atoms. The molecule has 1 nitrogen and oxygen atoms in total. The van der Waals surface area contributed by atoms with Crippen molar-refractivity contribution in [3.8, 4) is 22.6 Å². The second-order valence-corrected chi connectivity index (χ2v) is 5.31. The first kappa shape index (κ1) is 12.8. The van der Waals surface area contributed by atoms with Crippen LogP contribution in [-0.4, -0.2) is 11.8 Å². The smallest absolute Gasteiger partial charge is 0.173 e. The molecule has 0 amide bonds. The molecule has 2 aromatic rings. The second kappa shape index (κ2) is 5.44. The molecule has 98 valence electrons. The number of fused-ring (bicyclic) bond motifs is 1. The third-order valence-corrected chi connectivity index (χ3v) is 3.78. The number of hydrogen-bond donors (Lipinski definition) is 0. The average Bonchev–Trinajstić information content (AvgIpc) is 3.21. The molecule has 3 rings (SSSR count). The fourth-order valence-corrected chi connectivity index (χ4v) is 2.90. The Bertz CT molecular complexity index is 593. The van der Waals surface area contributed by atoms with Gasteiger partial charge in [0.1, 0.15) is 0 Å². The van der Waals surface area contributed by atoms with Crippen molar-refractivity contribution in [3.63, 3.8) is 0 Å². The highest BCUT2D eigenvalue weighted by Crippen LogP contribution is 2.52. The van der Waals surface area contributed by atoms with E-state index in [1.54, 1.807) is 0 Å². The molecule has 1 aliphatic rings. The quantitative estimate of drug-likeness (QED) is 0.475. The molecule has 0 radical (unpaired) electrons. The molecule has 0 unspecified atom stereocenters. The molecule has 3 heteroatoms. The Morgan fingerprint density at radius 2 is 1.58 bits per heavy atom. The summed E-state index contributed by atoms with van der Waals surface area (Å²) in [4.78, 5) is 0. The zero-order chi connectivity index (χ0) is 13.2. The number of alkyl halides is 2. The third kappa shape index (κ3) is 2.45. The number of hydrogen-bond acceptors (Lipinski definition) is 1. The first-order valence-electron chi connectivity index (χ1n) is 6.39. The van der Waals surface area contributed by atoms with E-state index in [2.05, 4.69) is 18.2 Å². The minimum atomic E-state index is 0.601. The molecule has 1 heterocycles. The SMILES string of the molecule is ClCCc1c(-c2ccccc2)cc2c(c1CCCl)O2. The van der Waals surface area contributed by atoms with Crippen molar-refractivity contribution >= 4 is 23.2 Å². The number of halogens is 2. The van der Waals surface area contributed by atoms with Gasteiger partial charge in [-0.05, 0) is 35.6 Å². The summed E-state index contributed by atoms with van der Waals surface area (Å²) in [6, 6.07) is 12.5. The van der Waals surface area contributed by atoms with Gasteiger partial charge in [0.15, 0.2) is 11.5 Å². The highest BCUT2D eigenvalue weighted by molar-refractivity contribution is 6.18. The van der Waals surface area contributed by atoms with E-state index in [0.29, 0.717) is 11.8 Å². The molecule has 0 saturated carbocycles. The Morgan fingerprint density at radius 1 is 0.895 bits per heavy atom. The van der Waals surface area contributed by atoms with Gasteiger partial charge in [0.2, 0.25) is 0 Å². The predicted octanol–water partition coefficient (Wildman–Crippen LogP) is 5.02. The molecule has 0 atom stereocenters. The maximum absolute atomic E-state index is 5.96. The topological polar surface area (TPSA) is 12.5 Å². The van der Waals surface area contributed by atoms with Gasteiger partial charge in [-0.15, -0.1) is 23.2 Å². The summed E-state index contributed by atoms with van der Waals surface area (Å²) < 4.78 is 5.57. The minimum absolute atomic E-state index is 0.601. The van der Waals surface area contributed by atoms with Crippen LogP contribution >= 0.6 is 23.2 Å². The van der Waals surface area contributed by atoms with Crippen LogP contribution in [0, 0.1) is 0 Å². The van der Waals surface area contributed by atoms with Crippen LogP contribution in [0.5, 0.6) is 11.5 Å². The lowest BCUT2D eigenvalue weighted by atomic mass is 9.93. The summed E-state index contributed by atoms with van der Waals surface area (Å²) in [5.74, 6) is 3.20. The van der Waals surface area contributed by atoms with Crippen LogP contribution in [0.4, 0.5) is 0 Å². The second-order valence-electron chi connectivity index (χ2n) is 4.55. The Hall–Kier alpha value is -1.18. The van der Waals surface area contributed by atoms with Crippen molar-refractivity contribution in [2.45, 2.75) is 12.8 Å². The van der Waals surface area contributed by atoms with Crippen molar-refractivity contribution in [2.75, 3.05) is 11.8 Å². The van der Waals surface area contributed by atoms with E-state index in [4.69, 9.17) is 27.9 Å². The van der Waals surface area contributed by atoms with E-state index in [9.17, 15) is 0 Å². The maximum atomic E-state index is 5.96. The summed E-state index contributed by atoms with van der Waals surface area (Å²) in [7, 11) is 0. The maximum Gasteiger partial charge on any atom is 0.173 e. The average molecular weight is 293 g/mol. The van der Waals surface area contributed by atoms with Gasteiger partial charge in [0, 0.05) is 17.3 Å². The van der Waals surface area contributed by atoms with Crippen LogP contribution in [0.2, 0.25) is 0 Å². The van der Waals surface area contributed by atoms with Crippen LogP contribution in [0.3, 0.4) is 0 Å². The zero-order valence-corrected chi connectivity index (χ0v) is 12.0. The van der Waals surface area contributed by atoms with E-state index in [-0.39, 0.29) is 0 Å². The Balaban J connectivity index is 2.14. The fraction of sp³-hybridized carbons (Fsp3) is 0.250. The standard InChI is InChI=1S/C16H14Cl2O/c17-8-6-12-13(7-9-18)16-15(19-16)10-14(12)11-4-2-1-3-5-11/h1-5,10H,6-9H2. The normalized spacial score (nSPS) is 11.9. The van der Waals surface area contributed by atoms with E-state index in [1.807, 2.05) is 18.2 Å². The molecule has 0 fully saturated rings. The van der Waals surface area contributed by atoms with Crippen molar-refractivity contribution < 1.29 is 4.74 Å². The van der Waals surface area contributed by atoms with E-state index in [1.165, 1.54) is 22.3 Å². The largest absolute Gasteiger partial charge is 0.449 e. The summed E-state index contributed by atoms with van der Waals surface area (Å²) >= 11 is 11.9. The first-order chi connectivity index (χ1) is 9.35. The van der Waals surface area contributed by atoms with Gasteiger partial charge in [-0.2, -0.15) is 0 Å². The molecule has 19 heavy (non-hydrogen) atoms. The van der Waals surface area contributed by atoms with Crippen molar-refractivity contribution in [3.05, 3.63) is 47.5 Å². The summed E-state index contributed by atoms with van der Waals surface area (Å²) in [5.41, 5.74) is 4.93. The summed E-state index contributed by atoms with van der Waals surface area (Å²) in [5, 5.41) is 0. The highest BCUT2D eigenvalue weighted by atomic mass is 35.5. The van der Waals surface area contributed by atoms with E-state index in [0.717, 1.165) is 24.3 Å². The summed E-state index contributed by atoms with van der Waals surface area (Å²) in [6.45, 7) is 0. The van der Waals surface area contributed by atoms with Crippen LogP contribution < -0.4 is 4.74 Å². The van der Waals surface area contributed by atoms with Gasteiger partial charge < -0.3 is 4.74 Å². The Kier molecular flexibility index (Phi) is 3.67. The number of benzene rings is 2. The Labute approximate surface area is 123 Å². The van der Waals surface area contributed by atoms with Crippen LogP contribution in [0.15, 0.2) is 36.4 Å². The van der Waals surface area contributed by atoms with Crippen LogP contribution in [0.25, 0.3) is 11.1 Å². The van der Waals surface area contributed by atoms with Gasteiger partial charge >= 0.3 is 0 Å². The van der Waals surface area contributed by atoms with Crippen molar-refractivity contribution in [1.29, 1.82) is 0 Å². The molecular formula is C16H14Cl2O. The first-order valence-corrected chi connectivity index (χ1v) is 7.46. The van der Waals surface area contributed by atoms with Crippen molar-refractivity contribution in [1.82, 2.24) is 0 Å². The molecular weight excluding hydrogens is 279 g/mol. The van der Waals surface area contributed by atoms with Gasteiger partial charge in [-0.1, -0.05) is 30.3 Å². The zero-order valence-electron chi connectivity index (χ0n) is 10.5. The molecule has 2 aromatic carbocycles. The van der Waals surface area contributed by atoms with Gasteiger partial charge in [-0.3, -0.25) is 0 Å². The molecule has 0 spiro atoms. The number of ether oxygens (including phenoxy) is 1. The van der Waals surface area contributed by atoms with Gasteiger partial charge in [-0.25, -0.2) is 0 Å².